The van der Waals surface area contributed by atoms with Gasteiger partial charge in [0, 0.05) is 19.2 Å². The van der Waals surface area contributed by atoms with E-state index in [4.69, 9.17) is 9.47 Å². The number of hydrogen-bond donors (Lipinski definition) is 2. The zero-order valence-electron chi connectivity index (χ0n) is 9.41. The van der Waals surface area contributed by atoms with Crippen LogP contribution < -0.4 is 10.6 Å². The first-order chi connectivity index (χ1) is 7.18. The Labute approximate surface area is 90.5 Å². The van der Waals surface area contributed by atoms with Gasteiger partial charge in [-0.25, -0.2) is 4.79 Å². The van der Waals surface area contributed by atoms with Gasteiger partial charge >= 0.3 is 6.09 Å². The van der Waals surface area contributed by atoms with E-state index in [9.17, 15) is 4.79 Å². The molecule has 1 heterocycles. The fourth-order valence-corrected chi connectivity index (χ4v) is 1.35. The second-order valence-corrected chi connectivity index (χ2v) is 3.95. The van der Waals surface area contributed by atoms with Crippen LogP contribution in [0.25, 0.3) is 0 Å². The molecular weight excluding hydrogens is 196 g/mol. The van der Waals surface area contributed by atoms with Crippen LogP contribution in [0.15, 0.2) is 0 Å². The largest absolute Gasteiger partial charge is 0.448 e. The van der Waals surface area contributed by atoms with Gasteiger partial charge in [-0.15, -0.1) is 0 Å². The van der Waals surface area contributed by atoms with Crippen molar-refractivity contribution < 1.29 is 14.3 Å². The third-order valence-electron chi connectivity index (χ3n) is 2.14. The van der Waals surface area contributed by atoms with E-state index in [1.54, 1.807) is 0 Å². The Kier molecular flexibility index (Phi) is 5.42. The smallest absolute Gasteiger partial charge is 0.407 e. The van der Waals surface area contributed by atoms with Gasteiger partial charge in [0.25, 0.3) is 0 Å². The van der Waals surface area contributed by atoms with Gasteiger partial charge in [-0.05, 0) is 6.42 Å². The standard InChI is InChI=1S/C10H20N2O3/c1-8(2)11-4-6-15-10(13)12-9-3-5-14-7-9/h8-9,11H,3-7H2,1-2H3,(H,12,13). The quantitative estimate of drug-likeness (QED) is 0.657. The number of alkyl carbamates (subject to hydrolysis) is 1. The molecule has 1 aliphatic rings. The lowest BCUT2D eigenvalue weighted by Crippen LogP contribution is -2.37. The summed E-state index contributed by atoms with van der Waals surface area (Å²) in [4.78, 5) is 11.2. The van der Waals surface area contributed by atoms with Gasteiger partial charge in [0.1, 0.15) is 6.61 Å². The first-order valence-corrected chi connectivity index (χ1v) is 5.43. The van der Waals surface area contributed by atoms with Crippen molar-refractivity contribution >= 4 is 6.09 Å². The maximum absolute atomic E-state index is 11.2. The average Bonchev–Trinajstić information content (AvgIpc) is 2.64. The second-order valence-electron chi connectivity index (χ2n) is 3.95. The Bertz CT molecular complexity index is 191. The van der Waals surface area contributed by atoms with E-state index in [1.165, 1.54) is 0 Å². The summed E-state index contributed by atoms with van der Waals surface area (Å²) in [6, 6.07) is 0.537. The van der Waals surface area contributed by atoms with Crippen LogP contribution in [0.5, 0.6) is 0 Å². The van der Waals surface area contributed by atoms with Crippen molar-refractivity contribution in [2.75, 3.05) is 26.4 Å². The number of nitrogens with one attached hydrogen (secondary N) is 2. The number of rotatable bonds is 5. The van der Waals surface area contributed by atoms with Gasteiger partial charge in [-0.3, -0.25) is 0 Å². The Morgan fingerprint density at radius 3 is 3.00 bits per heavy atom. The number of hydrogen-bond acceptors (Lipinski definition) is 4. The number of amides is 1. The molecule has 1 fully saturated rings. The topological polar surface area (TPSA) is 59.6 Å². The van der Waals surface area contributed by atoms with E-state index in [1.807, 2.05) is 0 Å². The Morgan fingerprint density at radius 1 is 1.60 bits per heavy atom. The predicted molar refractivity (Wildman–Crippen MR) is 56.8 cm³/mol. The molecule has 1 atom stereocenters. The highest BCUT2D eigenvalue weighted by Gasteiger charge is 2.17. The van der Waals surface area contributed by atoms with Crippen LogP contribution in [-0.4, -0.2) is 44.5 Å². The van der Waals surface area contributed by atoms with Crippen LogP contribution in [0.3, 0.4) is 0 Å². The Hall–Kier alpha value is -0.810. The molecule has 0 bridgehead atoms. The second kappa shape index (κ2) is 6.63. The van der Waals surface area contributed by atoms with Crippen LogP contribution in [-0.2, 0) is 9.47 Å². The molecule has 0 aliphatic carbocycles. The molecule has 0 saturated carbocycles. The number of ether oxygens (including phenoxy) is 2. The molecule has 15 heavy (non-hydrogen) atoms. The number of carbonyl (C=O) groups is 1. The maximum atomic E-state index is 11.2. The lowest BCUT2D eigenvalue weighted by Gasteiger charge is -2.12. The molecule has 0 aromatic carbocycles. The molecule has 88 valence electrons. The fourth-order valence-electron chi connectivity index (χ4n) is 1.35. The van der Waals surface area contributed by atoms with E-state index in [0.29, 0.717) is 25.8 Å². The summed E-state index contributed by atoms with van der Waals surface area (Å²) in [5.74, 6) is 0. The van der Waals surface area contributed by atoms with Crippen molar-refractivity contribution in [1.29, 1.82) is 0 Å². The minimum atomic E-state index is -0.351. The molecule has 2 N–H and O–H groups in total. The van der Waals surface area contributed by atoms with Crippen LogP contribution in [0.1, 0.15) is 20.3 Å². The molecule has 5 nitrogen and oxygen atoms in total. The number of carbonyl (C=O) groups excluding carboxylic acids is 1. The fraction of sp³-hybridized carbons (Fsp3) is 0.900. The summed E-state index contributed by atoms with van der Waals surface area (Å²) >= 11 is 0. The highest BCUT2D eigenvalue weighted by molar-refractivity contribution is 5.67. The monoisotopic (exact) mass is 216 g/mol. The summed E-state index contributed by atoms with van der Waals surface area (Å²) < 4.78 is 10.1. The molecule has 1 saturated heterocycles. The molecule has 1 rings (SSSR count). The van der Waals surface area contributed by atoms with Gasteiger partial charge in [-0.2, -0.15) is 0 Å². The van der Waals surface area contributed by atoms with Crippen molar-refractivity contribution in [3.8, 4) is 0 Å². The molecule has 1 amide bonds. The third-order valence-corrected chi connectivity index (χ3v) is 2.14. The van der Waals surface area contributed by atoms with Crippen LogP contribution in [0, 0.1) is 0 Å². The van der Waals surface area contributed by atoms with Crippen molar-refractivity contribution in [2.45, 2.75) is 32.4 Å². The van der Waals surface area contributed by atoms with Crippen molar-refractivity contribution in [2.24, 2.45) is 0 Å². The highest BCUT2D eigenvalue weighted by atomic mass is 16.5. The SMILES string of the molecule is CC(C)NCCOC(=O)NC1CCOC1. The van der Waals surface area contributed by atoms with E-state index in [2.05, 4.69) is 24.5 Å². The van der Waals surface area contributed by atoms with Gasteiger partial charge in [0.15, 0.2) is 0 Å². The molecular formula is C10H20N2O3. The van der Waals surface area contributed by atoms with E-state index < -0.39 is 0 Å². The summed E-state index contributed by atoms with van der Waals surface area (Å²) in [7, 11) is 0. The van der Waals surface area contributed by atoms with Crippen molar-refractivity contribution in [3.63, 3.8) is 0 Å². The van der Waals surface area contributed by atoms with Crippen LogP contribution in [0.4, 0.5) is 4.79 Å². The highest BCUT2D eigenvalue weighted by Crippen LogP contribution is 2.02. The first kappa shape index (κ1) is 12.3. The van der Waals surface area contributed by atoms with Crippen molar-refractivity contribution in [1.82, 2.24) is 10.6 Å². The van der Waals surface area contributed by atoms with Crippen molar-refractivity contribution in [3.05, 3.63) is 0 Å². The average molecular weight is 216 g/mol. The zero-order valence-corrected chi connectivity index (χ0v) is 9.41. The molecule has 0 aromatic heterocycles. The van der Waals surface area contributed by atoms with Gasteiger partial charge in [-0.1, -0.05) is 13.8 Å². The van der Waals surface area contributed by atoms with Gasteiger partial charge in [0.2, 0.25) is 0 Å². The van der Waals surface area contributed by atoms with Gasteiger partial charge in [0.05, 0.1) is 12.6 Å². The normalized spacial score (nSPS) is 20.6. The van der Waals surface area contributed by atoms with E-state index >= 15 is 0 Å². The maximum Gasteiger partial charge on any atom is 0.407 e. The lowest BCUT2D eigenvalue weighted by molar-refractivity contribution is 0.138. The summed E-state index contributed by atoms with van der Waals surface area (Å²) in [5, 5.41) is 5.92. The summed E-state index contributed by atoms with van der Waals surface area (Å²) in [6.45, 7) is 6.51. The van der Waals surface area contributed by atoms with E-state index in [0.717, 1.165) is 13.0 Å². The molecule has 5 heteroatoms. The third kappa shape index (κ3) is 5.59. The first-order valence-electron chi connectivity index (χ1n) is 5.43. The van der Waals surface area contributed by atoms with E-state index in [-0.39, 0.29) is 12.1 Å². The molecule has 1 aliphatic heterocycles. The lowest BCUT2D eigenvalue weighted by atomic mass is 10.3. The summed E-state index contributed by atoms with van der Waals surface area (Å²) in [5.41, 5.74) is 0. The minimum absolute atomic E-state index is 0.121. The summed E-state index contributed by atoms with van der Waals surface area (Å²) in [6.07, 6.45) is 0.523. The minimum Gasteiger partial charge on any atom is -0.448 e. The zero-order chi connectivity index (χ0) is 11.1. The molecule has 0 spiro atoms. The molecule has 0 radical (unpaired) electrons. The Morgan fingerprint density at radius 2 is 2.40 bits per heavy atom. The van der Waals surface area contributed by atoms with Gasteiger partial charge < -0.3 is 20.1 Å². The Balaban J connectivity index is 1.98. The molecule has 1 unspecified atom stereocenters. The predicted octanol–water partition coefficient (Wildman–Crippen LogP) is 0.500. The van der Waals surface area contributed by atoms with Crippen LogP contribution >= 0.6 is 0 Å². The van der Waals surface area contributed by atoms with Crippen LogP contribution in [0.2, 0.25) is 0 Å². The molecule has 0 aromatic rings.